The predicted molar refractivity (Wildman–Crippen MR) is 69.3 cm³/mol. The molecule has 2 aliphatic rings. The lowest BCUT2D eigenvalue weighted by Crippen LogP contribution is -2.43. The predicted octanol–water partition coefficient (Wildman–Crippen LogP) is 1.05. The van der Waals surface area contributed by atoms with Crippen LogP contribution < -0.4 is 5.32 Å². The third-order valence-electron chi connectivity index (χ3n) is 4.20. The van der Waals surface area contributed by atoms with E-state index >= 15 is 0 Å². The van der Waals surface area contributed by atoms with Gasteiger partial charge in [-0.05, 0) is 44.2 Å². The Kier molecular flexibility index (Phi) is 4.10. The van der Waals surface area contributed by atoms with Crippen LogP contribution in [0.5, 0.6) is 0 Å². The van der Waals surface area contributed by atoms with Gasteiger partial charge in [-0.2, -0.15) is 0 Å². The summed E-state index contributed by atoms with van der Waals surface area (Å²) >= 11 is 0. The topological polar surface area (TPSA) is 49.4 Å². The van der Waals surface area contributed by atoms with Gasteiger partial charge in [0.05, 0.1) is 5.25 Å². The summed E-state index contributed by atoms with van der Waals surface area (Å²) in [6, 6.07) is 0. The molecule has 0 aromatic rings. The fourth-order valence-electron chi connectivity index (χ4n) is 2.83. The molecular weight excluding hydrogens is 236 g/mol. The molecule has 2 rings (SSSR count). The highest BCUT2D eigenvalue weighted by Crippen LogP contribution is 2.28. The average Bonchev–Trinajstić information content (AvgIpc) is 2.80. The van der Waals surface area contributed by atoms with Crippen molar-refractivity contribution >= 4 is 10.0 Å². The first-order chi connectivity index (χ1) is 8.01. The van der Waals surface area contributed by atoms with Gasteiger partial charge in [-0.3, -0.25) is 0 Å². The lowest BCUT2D eigenvalue weighted by atomic mass is 9.96. The zero-order valence-corrected chi connectivity index (χ0v) is 11.7. The van der Waals surface area contributed by atoms with Gasteiger partial charge in [0.25, 0.3) is 0 Å². The van der Waals surface area contributed by atoms with Crippen LogP contribution >= 0.6 is 0 Å². The van der Waals surface area contributed by atoms with Gasteiger partial charge in [-0.1, -0.05) is 13.8 Å². The summed E-state index contributed by atoms with van der Waals surface area (Å²) in [6.45, 7) is 7.52. The second kappa shape index (κ2) is 5.24. The molecule has 1 unspecified atom stereocenters. The van der Waals surface area contributed by atoms with Gasteiger partial charge in [0, 0.05) is 13.1 Å². The van der Waals surface area contributed by atoms with E-state index in [-0.39, 0.29) is 5.25 Å². The maximum atomic E-state index is 12.5. The molecule has 0 bridgehead atoms. The Morgan fingerprint density at radius 1 is 1.18 bits per heavy atom. The van der Waals surface area contributed by atoms with E-state index in [9.17, 15) is 8.42 Å². The Bertz CT molecular complexity index is 348. The molecule has 2 fully saturated rings. The van der Waals surface area contributed by atoms with Crippen LogP contribution in [-0.2, 0) is 10.0 Å². The summed E-state index contributed by atoms with van der Waals surface area (Å²) in [5, 5.41) is 3.08. The molecule has 5 heteroatoms. The standard InChI is InChI=1S/C12H24N2O2S/c1-10(2)11-5-8-14(9-11)17(15,16)12-3-6-13-7-4-12/h10-13H,3-9H2,1-2H3. The Labute approximate surface area is 105 Å². The SMILES string of the molecule is CC(C)C1CCN(S(=O)(=O)C2CCNCC2)C1. The van der Waals surface area contributed by atoms with E-state index in [0.29, 0.717) is 11.8 Å². The van der Waals surface area contributed by atoms with E-state index in [0.717, 1.165) is 45.4 Å². The van der Waals surface area contributed by atoms with Crippen LogP contribution in [-0.4, -0.2) is 44.2 Å². The third kappa shape index (κ3) is 2.83. The molecule has 0 aromatic heterocycles. The summed E-state index contributed by atoms with van der Waals surface area (Å²) in [5.74, 6) is 1.13. The highest BCUT2D eigenvalue weighted by atomic mass is 32.2. The first-order valence-corrected chi connectivity index (χ1v) is 8.22. The summed E-state index contributed by atoms with van der Waals surface area (Å²) in [4.78, 5) is 0. The van der Waals surface area contributed by atoms with E-state index in [4.69, 9.17) is 0 Å². The molecule has 0 aromatic carbocycles. The van der Waals surface area contributed by atoms with Gasteiger partial charge in [0.1, 0.15) is 0 Å². The van der Waals surface area contributed by atoms with Gasteiger partial charge in [0.15, 0.2) is 0 Å². The second-order valence-electron chi connectivity index (χ2n) is 5.65. The smallest absolute Gasteiger partial charge is 0.217 e. The van der Waals surface area contributed by atoms with Crippen molar-refractivity contribution in [1.82, 2.24) is 9.62 Å². The fraction of sp³-hybridized carbons (Fsp3) is 1.00. The zero-order chi connectivity index (χ0) is 12.5. The molecule has 0 saturated carbocycles. The van der Waals surface area contributed by atoms with Crippen molar-refractivity contribution in [1.29, 1.82) is 0 Å². The van der Waals surface area contributed by atoms with E-state index < -0.39 is 10.0 Å². The molecule has 1 atom stereocenters. The minimum atomic E-state index is -3.03. The highest BCUT2D eigenvalue weighted by molar-refractivity contribution is 7.89. The summed E-state index contributed by atoms with van der Waals surface area (Å²) in [5.41, 5.74) is 0. The van der Waals surface area contributed by atoms with Crippen LogP contribution in [0.2, 0.25) is 0 Å². The Morgan fingerprint density at radius 3 is 2.35 bits per heavy atom. The van der Waals surface area contributed by atoms with Crippen LogP contribution in [0, 0.1) is 11.8 Å². The Morgan fingerprint density at radius 2 is 1.82 bits per heavy atom. The van der Waals surface area contributed by atoms with Crippen LogP contribution in [0.4, 0.5) is 0 Å². The average molecular weight is 260 g/mol. The van der Waals surface area contributed by atoms with Gasteiger partial charge in [0.2, 0.25) is 10.0 Å². The Hall–Kier alpha value is -0.130. The van der Waals surface area contributed by atoms with Crippen molar-refractivity contribution in [3.63, 3.8) is 0 Å². The molecule has 0 amide bonds. The number of nitrogens with one attached hydrogen (secondary N) is 1. The molecule has 2 heterocycles. The van der Waals surface area contributed by atoms with E-state index in [1.54, 1.807) is 4.31 Å². The molecule has 0 aliphatic carbocycles. The summed E-state index contributed by atoms with van der Waals surface area (Å²) < 4.78 is 26.7. The quantitative estimate of drug-likeness (QED) is 0.825. The number of rotatable bonds is 3. The van der Waals surface area contributed by atoms with Gasteiger partial charge < -0.3 is 5.32 Å². The maximum absolute atomic E-state index is 12.5. The van der Waals surface area contributed by atoms with Crippen molar-refractivity contribution in [2.45, 2.75) is 38.4 Å². The van der Waals surface area contributed by atoms with Crippen molar-refractivity contribution in [2.75, 3.05) is 26.2 Å². The molecule has 100 valence electrons. The zero-order valence-electron chi connectivity index (χ0n) is 10.9. The lowest BCUT2D eigenvalue weighted by Gasteiger charge is -2.27. The van der Waals surface area contributed by atoms with Crippen LogP contribution in [0.1, 0.15) is 33.1 Å². The van der Waals surface area contributed by atoms with Crippen LogP contribution in [0.25, 0.3) is 0 Å². The van der Waals surface area contributed by atoms with Crippen LogP contribution in [0.3, 0.4) is 0 Å². The second-order valence-corrected chi connectivity index (χ2v) is 7.86. The normalized spacial score (nSPS) is 29.0. The number of piperidine rings is 1. The van der Waals surface area contributed by atoms with Gasteiger partial charge in [-0.25, -0.2) is 12.7 Å². The molecule has 0 spiro atoms. The van der Waals surface area contributed by atoms with Gasteiger partial charge >= 0.3 is 0 Å². The first kappa shape index (κ1) is 13.3. The van der Waals surface area contributed by atoms with Crippen molar-refractivity contribution < 1.29 is 8.42 Å². The van der Waals surface area contributed by atoms with Crippen molar-refractivity contribution in [2.24, 2.45) is 11.8 Å². The minimum absolute atomic E-state index is 0.144. The molecule has 2 saturated heterocycles. The molecule has 1 N–H and O–H groups in total. The van der Waals surface area contributed by atoms with E-state index in [1.807, 2.05) is 0 Å². The number of sulfonamides is 1. The molecule has 0 radical (unpaired) electrons. The maximum Gasteiger partial charge on any atom is 0.217 e. The molecular formula is C12H24N2O2S. The third-order valence-corrected chi connectivity index (χ3v) is 6.56. The van der Waals surface area contributed by atoms with Crippen molar-refractivity contribution in [3.05, 3.63) is 0 Å². The fourth-order valence-corrected chi connectivity index (χ4v) is 4.85. The number of hydrogen-bond acceptors (Lipinski definition) is 3. The summed E-state index contributed by atoms with van der Waals surface area (Å²) in [6.07, 6.45) is 2.57. The highest BCUT2D eigenvalue weighted by Gasteiger charge is 2.37. The Balaban J connectivity index is 2.01. The largest absolute Gasteiger partial charge is 0.317 e. The number of nitrogens with zero attached hydrogens (tertiary/aromatic N) is 1. The monoisotopic (exact) mass is 260 g/mol. The minimum Gasteiger partial charge on any atom is -0.317 e. The van der Waals surface area contributed by atoms with Crippen molar-refractivity contribution in [3.8, 4) is 0 Å². The molecule has 17 heavy (non-hydrogen) atoms. The number of hydrogen-bond donors (Lipinski definition) is 1. The van der Waals surface area contributed by atoms with E-state index in [2.05, 4.69) is 19.2 Å². The van der Waals surface area contributed by atoms with Crippen LogP contribution in [0.15, 0.2) is 0 Å². The molecule has 2 aliphatic heterocycles. The first-order valence-electron chi connectivity index (χ1n) is 6.71. The molecule has 4 nitrogen and oxygen atoms in total. The lowest BCUT2D eigenvalue weighted by molar-refractivity contribution is 0.381. The van der Waals surface area contributed by atoms with Gasteiger partial charge in [-0.15, -0.1) is 0 Å². The summed E-state index contributed by atoms with van der Waals surface area (Å²) in [7, 11) is -3.03. The van der Waals surface area contributed by atoms with E-state index in [1.165, 1.54) is 0 Å².